The largest absolute Gasteiger partial charge is 0.393 e. The molecule has 0 amide bonds. The average Bonchev–Trinajstić information content (AvgIpc) is 2.87. The molecule has 3 atom stereocenters. The predicted molar refractivity (Wildman–Crippen MR) is 76.6 cm³/mol. The molecule has 2 nitrogen and oxygen atoms in total. The summed E-state index contributed by atoms with van der Waals surface area (Å²) in [6.07, 6.45) is 11.7. The zero-order valence-corrected chi connectivity index (χ0v) is 12.3. The third-order valence-electron chi connectivity index (χ3n) is 5.22. The van der Waals surface area contributed by atoms with Gasteiger partial charge < -0.3 is 10.0 Å². The molecule has 18 heavy (non-hydrogen) atoms. The van der Waals surface area contributed by atoms with E-state index in [2.05, 4.69) is 18.9 Å². The van der Waals surface area contributed by atoms with Gasteiger partial charge in [-0.15, -0.1) is 0 Å². The van der Waals surface area contributed by atoms with Gasteiger partial charge >= 0.3 is 0 Å². The Labute approximate surface area is 113 Å². The molecule has 2 heteroatoms. The highest BCUT2D eigenvalue weighted by Gasteiger charge is 2.31. The van der Waals surface area contributed by atoms with Crippen LogP contribution in [0.4, 0.5) is 0 Å². The maximum absolute atomic E-state index is 10.2. The summed E-state index contributed by atoms with van der Waals surface area (Å²) in [5, 5.41) is 10.2. The number of aliphatic hydroxyl groups is 1. The van der Waals surface area contributed by atoms with E-state index in [0.29, 0.717) is 5.92 Å². The summed E-state index contributed by atoms with van der Waals surface area (Å²) in [6, 6.07) is 0.795. The van der Waals surface area contributed by atoms with Gasteiger partial charge in [0.05, 0.1) is 6.10 Å². The second-order valence-electron chi connectivity index (χ2n) is 6.67. The summed E-state index contributed by atoms with van der Waals surface area (Å²) in [5.41, 5.74) is 0. The lowest BCUT2D eigenvalue weighted by Gasteiger charge is -2.37. The van der Waals surface area contributed by atoms with Crippen LogP contribution in [0.25, 0.3) is 0 Å². The van der Waals surface area contributed by atoms with Gasteiger partial charge in [0, 0.05) is 12.6 Å². The van der Waals surface area contributed by atoms with Crippen molar-refractivity contribution in [2.24, 2.45) is 11.8 Å². The fraction of sp³-hybridized carbons (Fsp3) is 1.00. The first-order valence-electron chi connectivity index (χ1n) is 8.09. The van der Waals surface area contributed by atoms with E-state index in [-0.39, 0.29) is 6.10 Å². The number of nitrogens with zero attached hydrogens (tertiary/aromatic N) is 1. The van der Waals surface area contributed by atoms with E-state index in [1.54, 1.807) is 0 Å². The van der Waals surface area contributed by atoms with Crippen molar-refractivity contribution in [2.75, 3.05) is 13.6 Å². The Kier molecular flexibility index (Phi) is 5.50. The van der Waals surface area contributed by atoms with Crippen molar-refractivity contribution < 1.29 is 5.11 Å². The second kappa shape index (κ2) is 6.91. The van der Waals surface area contributed by atoms with E-state index in [4.69, 9.17) is 0 Å². The summed E-state index contributed by atoms with van der Waals surface area (Å²) < 4.78 is 0. The van der Waals surface area contributed by atoms with E-state index in [1.807, 2.05) is 0 Å². The average molecular weight is 253 g/mol. The molecular weight excluding hydrogens is 222 g/mol. The Morgan fingerprint density at radius 1 is 1.11 bits per heavy atom. The zero-order valence-electron chi connectivity index (χ0n) is 12.3. The van der Waals surface area contributed by atoms with E-state index in [9.17, 15) is 5.11 Å². The van der Waals surface area contributed by atoms with Crippen molar-refractivity contribution in [3.63, 3.8) is 0 Å². The summed E-state index contributed by atoms with van der Waals surface area (Å²) in [7, 11) is 2.27. The van der Waals surface area contributed by atoms with Crippen LogP contribution in [-0.4, -0.2) is 35.7 Å². The van der Waals surface area contributed by atoms with Gasteiger partial charge in [-0.2, -0.15) is 0 Å². The molecule has 1 N–H and O–H groups in total. The zero-order chi connectivity index (χ0) is 13.0. The van der Waals surface area contributed by atoms with Crippen LogP contribution in [0.1, 0.15) is 64.7 Å². The summed E-state index contributed by atoms with van der Waals surface area (Å²) in [5.74, 6) is 1.40. The maximum atomic E-state index is 10.2. The highest BCUT2D eigenvalue weighted by molar-refractivity contribution is 4.84. The van der Waals surface area contributed by atoms with Crippen LogP contribution < -0.4 is 0 Å². The van der Waals surface area contributed by atoms with Gasteiger partial charge in [-0.1, -0.05) is 32.6 Å². The molecule has 2 fully saturated rings. The van der Waals surface area contributed by atoms with Crippen molar-refractivity contribution >= 4 is 0 Å². The molecule has 0 saturated heterocycles. The van der Waals surface area contributed by atoms with Crippen molar-refractivity contribution in [2.45, 2.75) is 76.9 Å². The second-order valence-corrected chi connectivity index (χ2v) is 6.67. The van der Waals surface area contributed by atoms with Crippen LogP contribution in [0.15, 0.2) is 0 Å². The third kappa shape index (κ3) is 3.71. The Hall–Kier alpha value is -0.0800. The fourth-order valence-corrected chi connectivity index (χ4v) is 4.08. The molecule has 0 heterocycles. The molecule has 2 aliphatic rings. The Bertz CT molecular complexity index is 237. The predicted octanol–water partition coefficient (Wildman–Crippen LogP) is 3.44. The topological polar surface area (TPSA) is 23.5 Å². The van der Waals surface area contributed by atoms with Gasteiger partial charge in [-0.25, -0.2) is 0 Å². The number of rotatable bonds is 5. The molecule has 0 spiro atoms. The van der Waals surface area contributed by atoms with Gasteiger partial charge in [0.15, 0.2) is 0 Å². The van der Waals surface area contributed by atoms with Crippen molar-refractivity contribution in [1.29, 1.82) is 0 Å². The van der Waals surface area contributed by atoms with Crippen LogP contribution in [0, 0.1) is 11.8 Å². The van der Waals surface area contributed by atoms with Crippen molar-refractivity contribution in [3.05, 3.63) is 0 Å². The first-order valence-corrected chi connectivity index (χ1v) is 8.09. The number of aliphatic hydroxyl groups excluding tert-OH is 1. The number of hydrogen-bond donors (Lipinski definition) is 1. The van der Waals surface area contributed by atoms with Crippen LogP contribution in [0.3, 0.4) is 0 Å². The van der Waals surface area contributed by atoms with Crippen LogP contribution in [0.5, 0.6) is 0 Å². The normalized spacial score (nSPS) is 34.3. The van der Waals surface area contributed by atoms with Gasteiger partial charge in [0.1, 0.15) is 0 Å². The van der Waals surface area contributed by atoms with Crippen molar-refractivity contribution in [1.82, 2.24) is 4.90 Å². The third-order valence-corrected chi connectivity index (χ3v) is 5.22. The maximum Gasteiger partial charge on any atom is 0.0580 e. The fourth-order valence-electron chi connectivity index (χ4n) is 4.08. The monoisotopic (exact) mass is 253 g/mol. The number of hydrogen-bond acceptors (Lipinski definition) is 2. The van der Waals surface area contributed by atoms with Crippen LogP contribution in [-0.2, 0) is 0 Å². The minimum absolute atomic E-state index is 0.0399. The SMILES string of the molecule is CCCC1CCC(O)C(CN(C)C2CCCC2)C1. The molecule has 3 unspecified atom stereocenters. The van der Waals surface area contributed by atoms with E-state index >= 15 is 0 Å². The standard InChI is InChI=1S/C16H31NO/c1-3-6-13-9-10-16(18)14(11-13)12-17(2)15-7-4-5-8-15/h13-16,18H,3-12H2,1-2H3. The summed E-state index contributed by atoms with van der Waals surface area (Å²) in [6.45, 7) is 3.40. The smallest absolute Gasteiger partial charge is 0.0580 e. The van der Waals surface area contributed by atoms with Gasteiger partial charge in [-0.3, -0.25) is 0 Å². The lowest BCUT2D eigenvalue weighted by atomic mass is 9.77. The Balaban J connectivity index is 1.81. The molecule has 0 aromatic rings. The Morgan fingerprint density at radius 2 is 1.83 bits per heavy atom. The van der Waals surface area contributed by atoms with E-state index in [0.717, 1.165) is 24.9 Å². The molecule has 0 aromatic heterocycles. The van der Waals surface area contributed by atoms with Crippen molar-refractivity contribution in [3.8, 4) is 0 Å². The highest BCUT2D eigenvalue weighted by Crippen LogP contribution is 2.33. The molecule has 2 saturated carbocycles. The summed E-state index contributed by atoms with van der Waals surface area (Å²) in [4.78, 5) is 2.54. The molecular formula is C16H31NO. The van der Waals surface area contributed by atoms with Crippen LogP contribution >= 0.6 is 0 Å². The molecule has 106 valence electrons. The molecule has 0 aromatic carbocycles. The Morgan fingerprint density at radius 3 is 2.50 bits per heavy atom. The molecule has 2 rings (SSSR count). The minimum atomic E-state index is -0.0399. The van der Waals surface area contributed by atoms with E-state index in [1.165, 1.54) is 51.4 Å². The molecule has 0 aliphatic heterocycles. The van der Waals surface area contributed by atoms with Gasteiger partial charge in [0.2, 0.25) is 0 Å². The minimum Gasteiger partial charge on any atom is -0.393 e. The lowest BCUT2D eigenvalue weighted by Crippen LogP contribution is -2.40. The van der Waals surface area contributed by atoms with E-state index < -0.39 is 0 Å². The van der Waals surface area contributed by atoms with Gasteiger partial charge in [-0.05, 0) is 51.0 Å². The molecule has 2 aliphatic carbocycles. The van der Waals surface area contributed by atoms with Crippen LogP contribution in [0.2, 0.25) is 0 Å². The first-order chi connectivity index (χ1) is 8.70. The van der Waals surface area contributed by atoms with Gasteiger partial charge in [0.25, 0.3) is 0 Å². The highest BCUT2D eigenvalue weighted by atomic mass is 16.3. The lowest BCUT2D eigenvalue weighted by molar-refractivity contribution is 0.0235. The first kappa shape index (κ1) is 14.3. The molecule has 0 bridgehead atoms. The quantitative estimate of drug-likeness (QED) is 0.811. The summed E-state index contributed by atoms with van der Waals surface area (Å²) >= 11 is 0. The molecule has 0 radical (unpaired) electrons.